The summed E-state index contributed by atoms with van der Waals surface area (Å²) in [5.41, 5.74) is 5.79. The van der Waals surface area contributed by atoms with Crippen molar-refractivity contribution >= 4 is 17.7 Å². The van der Waals surface area contributed by atoms with Crippen LogP contribution < -0.4 is 11.1 Å². The normalized spacial score (nSPS) is 18.9. The number of amides is 1. The second kappa shape index (κ2) is 8.81. The molecular weight excluding hydrogens is 232 g/mol. The first-order valence-electron chi connectivity index (χ1n) is 6.76. The van der Waals surface area contributed by atoms with Gasteiger partial charge in [0.15, 0.2) is 0 Å². The van der Waals surface area contributed by atoms with Gasteiger partial charge in [-0.2, -0.15) is 11.8 Å². The summed E-state index contributed by atoms with van der Waals surface area (Å²) in [5.74, 6) is 1.85. The van der Waals surface area contributed by atoms with Crippen LogP contribution in [0, 0.1) is 5.92 Å². The molecule has 0 saturated heterocycles. The first kappa shape index (κ1) is 14.8. The molecule has 1 atom stereocenters. The number of thioether (sulfide) groups is 1. The van der Waals surface area contributed by atoms with Crippen LogP contribution in [0.4, 0.5) is 0 Å². The van der Waals surface area contributed by atoms with Gasteiger partial charge in [-0.1, -0.05) is 19.3 Å². The van der Waals surface area contributed by atoms with Crippen LogP contribution in [0.2, 0.25) is 0 Å². The second-order valence-corrected chi connectivity index (χ2v) is 5.89. The minimum atomic E-state index is 0.181. The van der Waals surface area contributed by atoms with Gasteiger partial charge in [0.05, 0.1) is 0 Å². The Kier molecular flexibility index (Phi) is 7.69. The van der Waals surface area contributed by atoms with E-state index in [1.165, 1.54) is 32.1 Å². The predicted molar refractivity (Wildman–Crippen MR) is 75.2 cm³/mol. The van der Waals surface area contributed by atoms with E-state index in [0.29, 0.717) is 18.9 Å². The summed E-state index contributed by atoms with van der Waals surface area (Å²) in [4.78, 5) is 11.8. The largest absolute Gasteiger partial charge is 0.352 e. The van der Waals surface area contributed by atoms with Crippen LogP contribution in [-0.4, -0.2) is 30.5 Å². The molecule has 0 heterocycles. The molecule has 1 amide bonds. The molecule has 1 aliphatic rings. The van der Waals surface area contributed by atoms with E-state index in [2.05, 4.69) is 11.6 Å². The third kappa shape index (κ3) is 5.77. The third-order valence-electron chi connectivity index (χ3n) is 3.57. The monoisotopic (exact) mass is 258 g/mol. The molecule has 1 saturated carbocycles. The molecule has 1 rings (SSSR count). The van der Waals surface area contributed by atoms with Crippen LogP contribution in [0.5, 0.6) is 0 Å². The molecule has 0 aromatic heterocycles. The Morgan fingerprint density at radius 2 is 2.12 bits per heavy atom. The van der Waals surface area contributed by atoms with Crippen LogP contribution in [-0.2, 0) is 4.79 Å². The molecule has 0 spiro atoms. The summed E-state index contributed by atoms with van der Waals surface area (Å²) in [7, 11) is 0. The molecule has 3 nitrogen and oxygen atoms in total. The number of nitrogens with one attached hydrogen (secondary N) is 1. The fraction of sp³-hybridized carbons (Fsp3) is 0.923. The lowest BCUT2D eigenvalue weighted by atomic mass is 9.84. The minimum Gasteiger partial charge on any atom is -0.352 e. The maximum absolute atomic E-state index is 11.8. The van der Waals surface area contributed by atoms with E-state index in [4.69, 9.17) is 5.73 Å². The summed E-state index contributed by atoms with van der Waals surface area (Å²) in [5, 5.41) is 3.12. The lowest BCUT2D eigenvalue weighted by molar-refractivity contribution is -0.122. The van der Waals surface area contributed by atoms with E-state index < -0.39 is 0 Å². The summed E-state index contributed by atoms with van der Waals surface area (Å²) < 4.78 is 0. The average Bonchev–Trinajstić information content (AvgIpc) is 2.37. The van der Waals surface area contributed by atoms with Crippen molar-refractivity contribution in [3.63, 3.8) is 0 Å². The maximum atomic E-state index is 11.8. The molecule has 0 bridgehead atoms. The lowest BCUT2D eigenvalue weighted by Crippen LogP contribution is -2.45. The van der Waals surface area contributed by atoms with Gasteiger partial charge in [0, 0.05) is 19.0 Å². The number of nitrogens with two attached hydrogens (primary N) is 1. The molecular formula is C13H26N2OS. The van der Waals surface area contributed by atoms with Gasteiger partial charge < -0.3 is 11.1 Å². The fourth-order valence-corrected chi connectivity index (χ4v) is 2.99. The van der Waals surface area contributed by atoms with E-state index in [-0.39, 0.29) is 11.9 Å². The average molecular weight is 258 g/mol. The predicted octanol–water partition coefficient (Wildman–Crippen LogP) is 2.15. The molecule has 3 N–H and O–H groups in total. The summed E-state index contributed by atoms with van der Waals surface area (Å²) in [6.07, 6.45) is 10.1. The van der Waals surface area contributed by atoms with Gasteiger partial charge in [-0.05, 0) is 37.2 Å². The van der Waals surface area contributed by atoms with Gasteiger partial charge in [-0.15, -0.1) is 0 Å². The highest BCUT2D eigenvalue weighted by molar-refractivity contribution is 7.98. The van der Waals surface area contributed by atoms with E-state index in [1.807, 2.05) is 0 Å². The van der Waals surface area contributed by atoms with E-state index in [1.54, 1.807) is 11.8 Å². The van der Waals surface area contributed by atoms with Gasteiger partial charge in [-0.3, -0.25) is 4.79 Å². The Morgan fingerprint density at radius 1 is 1.41 bits per heavy atom. The van der Waals surface area contributed by atoms with Crippen molar-refractivity contribution in [2.24, 2.45) is 11.7 Å². The topological polar surface area (TPSA) is 55.1 Å². The lowest BCUT2D eigenvalue weighted by Gasteiger charge is -2.30. The zero-order chi connectivity index (χ0) is 12.5. The van der Waals surface area contributed by atoms with E-state index >= 15 is 0 Å². The van der Waals surface area contributed by atoms with Crippen molar-refractivity contribution in [2.75, 3.05) is 18.6 Å². The first-order chi connectivity index (χ1) is 8.27. The molecule has 17 heavy (non-hydrogen) atoms. The first-order valence-corrected chi connectivity index (χ1v) is 8.15. The minimum absolute atomic E-state index is 0.181. The van der Waals surface area contributed by atoms with Gasteiger partial charge >= 0.3 is 0 Å². The smallest absolute Gasteiger partial charge is 0.220 e. The van der Waals surface area contributed by atoms with Gasteiger partial charge in [0.1, 0.15) is 0 Å². The number of carbonyl (C=O) groups is 1. The van der Waals surface area contributed by atoms with Crippen LogP contribution >= 0.6 is 11.8 Å². The summed E-state index contributed by atoms with van der Waals surface area (Å²) in [6, 6.07) is 0.206. The van der Waals surface area contributed by atoms with Crippen LogP contribution in [0.3, 0.4) is 0 Å². The maximum Gasteiger partial charge on any atom is 0.220 e. The molecule has 1 aliphatic carbocycles. The Bertz CT molecular complexity index is 217. The van der Waals surface area contributed by atoms with Gasteiger partial charge in [0.2, 0.25) is 5.91 Å². The molecule has 1 fully saturated rings. The SMILES string of the molecule is CSCCCC(=O)NC(CN)C1CCCCC1. The number of hydrogen-bond donors (Lipinski definition) is 2. The molecule has 0 aromatic carbocycles. The standard InChI is InChI=1S/C13H26N2OS/c1-17-9-5-8-13(16)15-12(10-14)11-6-3-2-4-7-11/h11-12H,2-10,14H2,1H3,(H,15,16). The van der Waals surface area contributed by atoms with Crippen molar-refractivity contribution in [1.29, 1.82) is 0 Å². The third-order valence-corrected chi connectivity index (χ3v) is 4.27. The molecule has 4 heteroatoms. The highest BCUT2D eigenvalue weighted by Crippen LogP contribution is 2.26. The molecule has 0 aromatic rings. The summed E-state index contributed by atoms with van der Waals surface area (Å²) in [6.45, 7) is 0.582. The second-order valence-electron chi connectivity index (χ2n) is 4.90. The Balaban J connectivity index is 2.27. The van der Waals surface area contributed by atoms with Gasteiger partial charge in [0.25, 0.3) is 0 Å². The van der Waals surface area contributed by atoms with Crippen LogP contribution in [0.25, 0.3) is 0 Å². The highest BCUT2D eigenvalue weighted by atomic mass is 32.2. The van der Waals surface area contributed by atoms with Crippen molar-refractivity contribution in [3.05, 3.63) is 0 Å². The Hall–Kier alpha value is -0.220. The Labute approximate surface area is 109 Å². The zero-order valence-corrected chi connectivity index (χ0v) is 11.7. The number of carbonyl (C=O) groups excluding carboxylic acids is 1. The molecule has 100 valence electrons. The van der Waals surface area contributed by atoms with Crippen molar-refractivity contribution in [3.8, 4) is 0 Å². The molecule has 0 aliphatic heterocycles. The van der Waals surface area contributed by atoms with Gasteiger partial charge in [-0.25, -0.2) is 0 Å². The Morgan fingerprint density at radius 3 is 2.71 bits per heavy atom. The molecule has 0 radical (unpaired) electrons. The van der Waals surface area contributed by atoms with E-state index in [9.17, 15) is 4.79 Å². The van der Waals surface area contributed by atoms with E-state index in [0.717, 1.165) is 12.2 Å². The summed E-state index contributed by atoms with van der Waals surface area (Å²) >= 11 is 1.79. The van der Waals surface area contributed by atoms with Crippen LogP contribution in [0.15, 0.2) is 0 Å². The molecule has 1 unspecified atom stereocenters. The number of hydrogen-bond acceptors (Lipinski definition) is 3. The van der Waals surface area contributed by atoms with Crippen molar-refractivity contribution in [1.82, 2.24) is 5.32 Å². The quantitative estimate of drug-likeness (QED) is 0.688. The van der Waals surface area contributed by atoms with Crippen LogP contribution in [0.1, 0.15) is 44.9 Å². The fourth-order valence-electron chi connectivity index (χ4n) is 2.56. The van der Waals surface area contributed by atoms with Crippen molar-refractivity contribution < 1.29 is 4.79 Å². The van der Waals surface area contributed by atoms with Crippen molar-refractivity contribution in [2.45, 2.75) is 51.0 Å². The highest BCUT2D eigenvalue weighted by Gasteiger charge is 2.23. The zero-order valence-electron chi connectivity index (χ0n) is 10.9. The number of rotatable bonds is 7.